The zero-order chi connectivity index (χ0) is 17.5. The molecule has 2 aromatic carbocycles. The maximum absolute atomic E-state index is 12.0. The molecule has 0 saturated carbocycles. The lowest BCUT2D eigenvalue weighted by molar-refractivity contribution is -0.148. The first kappa shape index (κ1) is 17.8. The van der Waals surface area contributed by atoms with Crippen LogP contribution in [0.3, 0.4) is 0 Å². The zero-order valence-corrected chi connectivity index (χ0v) is 14.2. The summed E-state index contributed by atoms with van der Waals surface area (Å²) in [5, 5.41) is 3.04. The van der Waals surface area contributed by atoms with Crippen LogP contribution in [0, 0.1) is 6.92 Å². The lowest BCUT2D eigenvalue weighted by Gasteiger charge is -2.13. The third-order valence-corrected chi connectivity index (χ3v) is 3.61. The van der Waals surface area contributed by atoms with Gasteiger partial charge in [0.15, 0.2) is 6.10 Å². The summed E-state index contributed by atoms with van der Waals surface area (Å²) >= 11 is 5.97. The minimum absolute atomic E-state index is 0.420. The van der Waals surface area contributed by atoms with Crippen molar-refractivity contribution in [2.75, 3.05) is 5.32 Å². The molecule has 0 bridgehead atoms. The molecule has 24 heavy (non-hydrogen) atoms. The van der Waals surface area contributed by atoms with Crippen molar-refractivity contribution in [3.05, 3.63) is 70.8 Å². The number of ether oxygens (including phenoxy) is 1. The van der Waals surface area contributed by atoms with Gasteiger partial charge in [-0.05, 0) is 37.6 Å². The zero-order valence-electron chi connectivity index (χ0n) is 13.5. The highest BCUT2D eigenvalue weighted by Gasteiger charge is 2.17. The summed E-state index contributed by atoms with van der Waals surface area (Å²) in [7, 11) is 0. The van der Waals surface area contributed by atoms with Crippen molar-refractivity contribution in [1.29, 1.82) is 0 Å². The Kier molecular flexibility index (Phi) is 6.15. The molecule has 0 aliphatic heterocycles. The molecule has 2 aromatic rings. The summed E-state index contributed by atoms with van der Waals surface area (Å²) in [5.41, 5.74) is 2.49. The fourth-order valence-electron chi connectivity index (χ4n) is 1.91. The van der Waals surface area contributed by atoms with Gasteiger partial charge < -0.3 is 10.1 Å². The monoisotopic (exact) mass is 343 g/mol. The van der Waals surface area contributed by atoms with Gasteiger partial charge in [-0.2, -0.15) is 0 Å². The SMILES string of the molecule is Cc1ccc(C=CC(=O)OC(C)C(=O)Nc2ccccc2Cl)cc1. The van der Waals surface area contributed by atoms with E-state index >= 15 is 0 Å². The highest BCUT2D eigenvalue weighted by atomic mass is 35.5. The van der Waals surface area contributed by atoms with E-state index in [-0.39, 0.29) is 0 Å². The van der Waals surface area contributed by atoms with Crippen LogP contribution in [0.15, 0.2) is 54.6 Å². The first-order valence-corrected chi connectivity index (χ1v) is 7.84. The van der Waals surface area contributed by atoms with Gasteiger partial charge in [-0.3, -0.25) is 4.79 Å². The highest BCUT2D eigenvalue weighted by Crippen LogP contribution is 2.20. The number of aryl methyl sites for hydroxylation is 1. The lowest BCUT2D eigenvalue weighted by Crippen LogP contribution is -2.29. The average molecular weight is 344 g/mol. The van der Waals surface area contributed by atoms with E-state index in [1.165, 1.54) is 13.0 Å². The van der Waals surface area contributed by atoms with E-state index < -0.39 is 18.0 Å². The molecule has 124 valence electrons. The normalized spacial score (nSPS) is 12.0. The average Bonchev–Trinajstić information content (AvgIpc) is 2.56. The number of nitrogens with one attached hydrogen (secondary N) is 1. The second kappa shape index (κ2) is 8.31. The summed E-state index contributed by atoms with van der Waals surface area (Å²) in [6.07, 6.45) is 2.00. The van der Waals surface area contributed by atoms with Gasteiger partial charge in [0.1, 0.15) is 0 Å². The second-order valence-corrected chi connectivity index (χ2v) is 5.70. The molecule has 0 heterocycles. The first-order chi connectivity index (χ1) is 11.5. The number of esters is 1. The van der Waals surface area contributed by atoms with Crippen molar-refractivity contribution < 1.29 is 14.3 Å². The highest BCUT2D eigenvalue weighted by molar-refractivity contribution is 6.33. The van der Waals surface area contributed by atoms with Crippen LogP contribution in [0.2, 0.25) is 5.02 Å². The number of para-hydroxylation sites is 1. The lowest BCUT2D eigenvalue weighted by atomic mass is 10.1. The van der Waals surface area contributed by atoms with Crippen molar-refractivity contribution in [2.45, 2.75) is 20.0 Å². The Labute approximate surface area is 146 Å². The molecule has 1 N–H and O–H groups in total. The molecule has 0 fully saturated rings. The molecule has 1 atom stereocenters. The molecular formula is C19H18ClNO3. The molecule has 1 amide bonds. The number of rotatable bonds is 5. The van der Waals surface area contributed by atoms with E-state index in [0.29, 0.717) is 10.7 Å². The van der Waals surface area contributed by atoms with Gasteiger partial charge >= 0.3 is 5.97 Å². The largest absolute Gasteiger partial charge is 0.449 e. The molecule has 2 rings (SSSR count). The van der Waals surface area contributed by atoms with Crippen LogP contribution < -0.4 is 5.32 Å². The Hall–Kier alpha value is -2.59. The topological polar surface area (TPSA) is 55.4 Å². The van der Waals surface area contributed by atoms with Crippen molar-refractivity contribution >= 4 is 35.2 Å². The van der Waals surface area contributed by atoms with Crippen molar-refractivity contribution in [3.8, 4) is 0 Å². The van der Waals surface area contributed by atoms with E-state index in [1.807, 2.05) is 31.2 Å². The van der Waals surface area contributed by atoms with Crippen LogP contribution in [0.4, 0.5) is 5.69 Å². The summed E-state index contributed by atoms with van der Waals surface area (Å²) in [4.78, 5) is 23.8. The van der Waals surface area contributed by atoms with Crippen LogP contribution in [0.1, 0.15) is 18.1 Å². The maximum atomic E-state index is 12.0. The standard InChI is InChI=1S/C19H18ClNO3/c1-13-7-9-15(10-8-13)11-12-18(22)24-14(2)19(23)21-17-6-4-3-5-16(17)20/h3-12,14H,1-2H3,(H,21,23). The molecule has 0 aromatic heterocycles. The Morgan fingerprint density at radius 2 is 1.79 bits per heavy atom. The molecule has 1 unspecified atom stereocenters. The number of carbonyl (C=O) groups excluding carboxylic acids is 2. The van der Waals surface area contributed by atoms with Crippen LogP contribution in [0.5, 0.6) is 0 Å². The quantitative estimate of drug-likeness (QED) is 0.652. The Morgan fingerprint density at radius 3 is 2.46 bits per heavy atom. The molecule has 0 saturated heterocycles. The third kappa shape index (κ3) is 5.25. The predicted octanol–water partition coefficient (Wildman–Crippen LogP) is 4.23. The molecule has 0 radical (unpaired) electrons. The number of benzene rings is 2. The molecule has 0 aliphatic carbocycles. The molecular weight excluding hydrogens is 326 g/mol. The van der Waals surface area contributed by atoms with Gasteiger partial charge in [0.2, 0.25) is 0 Å². The van der Waals surface area contributed by atoms with Crippen molar-refractivity contribution in [1.82, 2.24) is 0 Å². The van der Waals surface area contributed by atoms with Gasteiger partial charge in [-0.1, -0.05) is 53.6 Å². The smallest absolute Gasteiger partial charge is 0.331 e. The minimum Gasteiger partial charge on any atom is -0.449 e. The van der Waals surface area contributed by atoms with Gasteiger partial charge in [-0.25, -0.2) is 4.79 Å². The van der Waals surface area contributed by atoms with Crippen LogP contribution in [-0.2, 0) is 14.3 Å². The Bertz CT molecular complexity index is 753. The summed E-state index contributed by atoms with van der Waals surface area (Å²) in [5.74, 6) is -1.03. The van der Waals surface area contributed by atoms with E-state index in [9.17, 15) is 9.59 Å². The summed E-state index contributed by atoms with van der Waals surface area (Å²) < 4.78 is 5.09. The fourth-order valence-corrected chi connectivity index (χ4v) is 2.09. The van der Waals surface area contributed by atoms with Crippen molar-refractivity contribution in [2.24, 2.45) is 0 Å². The molecule has 5 heteroatoms. The third-order valence-electron chi connectivity index (χ3n) is 3.28. The maximum Gasteiger partial charge on any atom is 0.331 e. The molecule has 4 nitrogen and oxygen atoms in total. The predicted molar refractivity (Wildman–Crippen MR) is 95.8 cm³/mol. The van der Waals surface area contributed by atoms with Gasteiger partial charge in [0, 0.05) is 6.08 Å². The second-order valence-electron chi connectivity index (χ2n) is 5.29. The van der Waals surface area contributed by atoms with E-state index in [4.69, 9.17) is 16.3 Å². The van der Waals surface area contributed by atoms with E-state index in [2.05, 4.69) is 5.32 Å². The molecule has 0 aliphatic rings. The number of anilines is 1. The van der Waals surface area contributed by atoms with Gasteiger partial charge in [0.05, 0.1) is 10.7 Å². The van der Waals surface area contributed by atoms with Gasteiger partial charge in [0.25, 0.3) is 5.91 Å². The fraction of sp³-hybridized carbons (Fsp3) is 0.158. The van der Waals surface area contributed by atoms with Gasteiger partial charge in [-0.15, -0.1) is 0 Å². The Balaban J connectivity index is 1.90. The minimum atomic E-state index is -0.934. The number of halogens is 1. The van der Waals surface area contributed by atoms with E-state index in [0.717, 1.165) is 11.1 Å². The first-order valence-electron chi connectivity index (χ1n) is 7.46. The van der Waals surface area contributed by atoms with Crippen LogP contribution >= 0.6 is 11.6 Å². The molecule has 0 spiro atoms. The van der Waals surface area contributed by atoms with Crippen LogP contribution in [0.25, 0.3) is 6.08 Å². The van der Waals surface area contributed by atoms with E-state index in [1.54, 1.807) is 30.3 Å². The number of hydrogen-bond acceptors (Lipinski definition) is 3. The number of amides is 1. The Morgan fingerprint density at radius 1 is 1.12 bits per heavy atom. The summed E-state index contributed by atoms with van der Waals surface area (Å²) in [6.45, 7) is 3.49. The number of hydrogen-bond donors (Lipinski definition) is 1. The summed E-state index contributed by atoms with van der Waals surface area (Å²) in [6, 6.07) is 14.5. The van der Waals surface area contributed by atoms with Crippen LogP contribution in [-0.4, -0.2) is 18.0 Å². The van der Waals surface area contributed by atoms with Crippen molar-refractivity contribution in [3.63, 3.8) is 0 Å². The number of carbonyl (C=O) groups is 2.